The van der Waals surface area contributed by atoms with Crippen molar-refractivity contribution in [3.8, 4) is 0 Å². The molecule has 2 aliphatic rings. The van der Waals surface area contributed by atoms with Gasteiger partial charge in [-0.1, -0.05) is 11.6 Å². The van der Waals surface area contributed by atoms with Gasteiger partial charge in [0.2, 0.25) is 0 Å². The Morgan fingerprint density at radius 3 is 3.04 bits per heavy atom. The first-order valence-electron chi connectivity index (χ1n) is 8.85. The summed E-state index contributed by atoms with van der Waals surface area (Å²) in [7, 11) is 3.49. The molecule has 8 heteroatoms. The molecule has 140 valence electrons. The molecule has 0 fully saturated rings. The zero-order valence-electron chi connectivity index (χ0n) is 15.1. The first kappa shape index (κ1) is 20.2. The Labute approximate surface area is 166 Å². The van der Waals surface area contributed by atoms with Gasteiger partial charge in [0.1, 0.15) is 12.4 Å². The number of methoxy groups -OCH3 is 1. The molecule has 0 amide bonds. The van der Waals surface area contributed by atoms with Crippen molar-refractivity contribution in [3.05, 3.63) is 23.3 Å². The first-order valence-corrected chi connectivity index (χ1v) is 8.85. The van der Waals surface area contributed by atoms with Crippen LogP contribution >= 0.6 is 24.0 Å². The molecule has 0 aromatic carbocycles. The van der Waals surface area contributed by atoms with Gasteiger partial charge < -0.3 is 15.4 Å². The van der Waals surface area contributed by atoms with Gasteiger partial charge >= 0.3 is 0 Å². The standard InChI is InChI=1S/C17H28N6O.HI/c1-18-17(19-10-9-13-5-3-4-6-13)20-14-7-8-16-21-15(12-24-2)22-23(16)11-14;/h5,14H,3-4,6-12H2,1-2H3,(H2,18,19,20);1H. The summed E-state index contributed by atoms with van der Waals surface area (Å²) in [5, 5.41) is 11.4. The normalized spacial score (nSPS) is 19.8. The molecule has 2 N–H and O–H groups in total. The number of nitrogens with one attached hydrogen (secondary N) is 2. The Morgan fingerprint density at radius 1 is 1.44 bits per heavy atom. The second-order valence-electron chi connectivity index (χ2n) is 6.44. The van der Waals surface area contributed by atoms with Crippen molar-refractivity contribution in [2.24, 2.45) is 4.99 Å². The molecule has 7 nitrogen and oxygen atoms in total. The van der Waals surface area contributed by atoms with Crippen LogP contribution < -0.4 is 10.6 Å². The predicted molar refractivity (Wildman–Crippen MR) is 109 cm³/mol. The summed E-state index contributed by atoms with van der Waals surface area (Å²) >= 11 is 0. The summed E-state index contributed by atoms with van der Waals surface area (Å²) in [6, 6.07) is 0.325. The van der Waals surface area contributed by atoms with E-state index in [0.717, 1.165) is 50.0 Å². The zero-order chi connectivity index (χ0) is 16.8. The van der Waals surface area contributed by atoms with Crippen molar-refractivity contribution in [2.45, 2.75) is 57.7 Å². The summed E-state index contributed by atoms with van der Waals surface area (Å²) in [4.78, 5) is 8.86. The predicted octanol–water partition coefficient (Wildman–Crippen LogP) is 2.02. The maximum atomic E-state index is 5.11. The first-order chi connectivity index (χ1) is 11.8. The van der Waals surface area contributed by atoms with E-state index in [1.54, 1.807) is 12.7 Å². The van der Waals surface area contributed by atoms with E-state index in [-0.39, 0.29) is 24.0 Å². The summed E-state index contributed by atoms with van der Waals surface area (Å²) in [6.07, 6.45) is 9.28. The number of fused-ring (bicyclic) bond motifs is 1. The van der Waals surface area contributed by atoms with Gasteiger partial charge in [-0.3, -0.25) is 4.99 Å². The highest BCUT2D eigenvalue weighted by molar-refractivity contribution is 14.0. The Balaban J connectivity index is 0.00000225. The fourth-order valence-corrected chi connectivity index (χ4v) is 3.36. The van der Waals surface area contributed by atoms with Gasteiger partial charge in [0.25, 0.3) is 0 Å². The molecule has 0 bridgehead atoms. The molecule has 0 saturated heterocycles. The molecule has 1 aliphatic heterocycles. The molecule has 1 aromatic rings. The Hall–Kier alpha value is -1.16. The molecular formula is C17H29IN6O. The molecule has 25 heavy (non-hydrogen) atoms. The lowest BCUT2D eigenvalue weighted by atomic mass is 10.1. The highest BCUT2D eigenvalue weighted by Crippen LogP contribution is 2.19. The van der Waals surface area contributed by atoms with Gasteiger partial charge in [-0.25, -0.2) is 9.67 Å². The summed E-state index contributed by atoms with van der Waals surface area (Å²) in [5.74, 6) is 2.69. The van der Waals surface area contributed by atoms with Crippen LogP contribution in [0.15, 0.2) is 16.6 Å². The Bertz CT molecular complexity index is 612. The highest BCUT2D eigenvalue weighted by Gasteiger charge is 2.22. The van der Waals surface area contributed by atoms with Crippen LogP contribution in [0.4, 0.5) is 0 Å². The zero-order valence-corrected chi connectivity index (χ0v) is 17.5. The number of halogens is 1. The number of allylic oxidation sites excluding steroid dienone is 1. The quantitative estimate of drug-likeness (QED) is 0.294. The number of guanidine groups is 1. The van der Waals surface area contributed by atoms with E-state index in [9.17, 15) is 0 Å². The van der Waals surface area contributed by atoms with Gasteiger partial charge in [0.15, 0.2) is 11.8 Å². The fourth-order valence-electron chi connectivity index (χ4n) is 3.36. The molecule has 1 aliphatic carbocycles. The van der Waals surface area contributed by atoms with Crippen LogP contribution in [0.5, 0.6) is 0 Å². The SMILES string of the molecule is CN=C(NCCC1=CCCC1)NC1CCc2nc(COC)nn2C1.I. The third-order valence-corrected chi connectivity index (χ3v) is 4.61. The van der Waals surface area contributed by atoms with Gasteiger partial charge in [0, 0.05) is 33.2 Å². The van der Waals surface area contributed by atoms with Crippen LogP contribution in [0.25, 0.3) is 0 Å². The van der Waals surface area contributed by atoms with Gasteiger partial charge in [-0.2, -0.15) is 5.10 Å². The number of nitrogens with zero attached hydrogens (tertiary/aromatic N) is 4. The number of ether oxygens (including phenoxy) is 1. The smallest absolute Gasteiger partial charge is 0.191 e. The van der Waals surface area contributed by atoms with E-state index >= 15 is 0 Å². The van der Waals surface area contributed by atoms with Crippen molar-refractivity contribution in [2.75, 3.05) is 20.7 Å². The van der Waals surface area contributed by atoms with E-state index < -0.39 is 0 Å². The third kappa shape index (κ3) is 5.67. The van der Waals surface area contributed by atoms with Crippen molar-refractivity contribution in [1.82, 2.24) is 25.4 Å². The van der Waals surface area contributed by atoms with Crippen molar-refractivity contribution < 1.29 is 4.74 Å². The van der Waals surface area contributed by atoms with Crippen molar-refractivity contribution >= 4 is 29.9 Å². The molecule has 0 radical (unpaired) electrons. The van der Waals surface area contributed by atoms with Crippen LogP contribution in [-0.4, -0.2) is 47.5 Å². The van der Waals surface area contributed by atoms with E-state index in [2.05, 4.69) is 31.8 Å². The number of aliphatic imine (C=N–C) groups is 1. The minimum atomic E-state index is 0. The molecule has 0 saturated carbocycles. The molecule has 1 atom stereocenters. The van der Waals surface area contributed by atoms with Crippen LogP contribution in [0, 0.1) is 0 Å². The number of rotatable bonds is 6. The largest absolute Gasteiger partial charge is 0.377 e. The lowest BCUT2D eigenvalue weighted by molar-refractivity contribution is 0.177. The van der Waals surface area contributed by atoms with Gasteiger partial charge in [0.05, 0.1) is 6.54 Å². The number of aromatic nitrogens is 3. The lowest BCUT2D eigenvalue weighted by Gasteiger charge is -2.25. The Kier molecular flexibility index (Phi) is 8.14. The Morgan fingerprint density at radius 2 is 2.32 bits per heavy atom. The average Bonchev–Trinajstić information content (AvgIpc) is 3.23. The lowest BCUT2D eigenvalue weighted by Crippen LogP contribution is -2.47. The molecule has 2 heterocycles. The number of aryl methyl sites for hydroxylation is 1. The van der Waals surface area contributed by atoms with Crippen molar-refractivity contribution in [3.63, 3.8) is 0 Å². The molecular weight excluding hydrogens is 431 g/mol. The molecule has 1 aromatic heterocycles. The van der Waals surface area contributed by atoms with Crippen LogP contribution in [0.1, 0.15) is 43.8 Å². The molecule has 1 unspecified atom stereocenters. The van der Waals surface area contributed by atoms with Crippen LogP contribution in [-0.2, 0) is 24.3 Å². The van der Waals surface area contributed by atoms with Gasteiger partial charge in [-0.15, -0.1) is 24.0 Å². The number of hydrogen-bond donors (Lipinski definition) is 2. The number of hydrogen-bond acceptors (Lipinski definition) is 4. The summed E-state index contributed by atoms with van der Waals surface area (Å²) in [6.45, 7) is 2.22. The average molecular weight is 460 g/mol. The molecule has 3 rings (SSSR count). The summed E-state index contributed by atoms with van der Waals surface area (Å²) < 4.78 is 7.11. The monoisotopic (exact) mass is 460 g/mol. The topological polar surface area (TPSA) is 76.4 Å². The fraction of sp³-hybridized carbons (Fsp3) is 0.706. The second-order valence-corrected chi connectivity index (χ2v) is 6.44. The van der Waals surface area contributed by atoms with Crippen LogP contribution in [0.3, 0.4) is 0 Å². The van der Waals surface area contributed by atoms with E-state index in [4.69, 9.17) is 4.74 Å². The minimum Gasteiger partial charge on any atom is -0.377 e. The highest BCUT2D eigenvalue weighted by atomic mass is 127. The van der Waals surface area contributed by atoms with Crippen LogP contribution in [0.2, 0.25) is 0 Å². The second kappa shape index (κ2) is 10.1. The van der Waals surface area contributed by atoms with E-state index in [0.29, 0.717) is 12.6 Å². The van der Waals surface area contributed by atoms with Gasteiger partial charge in [-0.05, 0) is 32.1 Å². The van der Waals surface area contributed by atoms with Crippen molar-refractivity contribution in [1.29, 1.82) is 0 Å². The van der Waals surface area contributed by atoms with E-state index in [1.807, 2.05) is 11.7 Å². The van der Waals surface area contributed by atoms with E-state index in [1.165, 1.54) is 19.3 Å². The maximum absolute atomic E-state index is 5.11. The minimum absolute atomic E-state index is 0. The maximum Gasteiger partial charge on any atom is 0.191 e. The third-order valence-electron chi connectivity index (χ3n) is 4.61. The molecule has 0 spiro atoms. The summed E-state index contributed by atoms with van der Waals surface area (Å²) in [5.41, 5.74) is 1.58.